The summed E-state index contributed by atoms with van der Waals surface area (Å²) in [5.74, 6) is -0.216. The summed E-state index contributed by atoms with van der Waals surface area (Å²) in [6, 6.07) is 6.94. The smallest absolute Gasteiger partial charge is 0.123 e. The summed E-state index contributed by atoms with van der Waals surface area (Å²) >= 11 is 0. The summed E-state index contributed by atoms with van der Waals surface area (Å²) in [7, 11) is 2.11. The van der Waals surface area contributed by atoms with E-state index in [4.69, 9.17) is 4.74 Å². The maximum absolute atomic E-state index is 13.2. The first-order valence-electron chi connectivity index (χ1n) is 7.77. The molecular weight excluding hydrogens is 281 g/mol. The van der Waals surface area contributed by atoms with Crippen LogP contribution >= 0.6 is 0 Å². The fourth-order valence-corrected chi connectivity index (χ4v) is 2.83. The number of rotatable bonds is 6. The molecule has 0 aliphatic carbocycles. The van der Waals surface area contributed by atoms with Gasteiger partial charge in [-0.05, 0) is 44.3 Å². The lowest BCUT2D eigenvalue weighted by Crippen LogP contribution is -2.32. The van der Waals surface area contributed by atoms with E-state index in [1.807, 2.05) is 23.0 Å². The molecule has 1 saturated heterocycles. The first kappa shape index (κ1) is 15.2. The Balaban J connectivity index is 1.95. The van der Waals surface area contributed by atoms with Crippen molar-refractivity contribution in [3.63, 3.8) is 0 Å². The van der Waals surface area contributed by atoms with Gasteiger partial charge >= 0.3 is 0 Å². The summed E-state index contributed by atoms with van der Waals surface area (Å²) in [6.07, 6.45) is 3.05. The van der Waals surface area contributed by atoms with Gasteiger partial charge in [-0.2, -0.15) is 5.10 Å². The van der Waals surface area contributed by atoms with Crippen LogP contribution in [0.25, 0.3) is 11.3 Å². The topological polar surface area (TPSA) is 30.3 Å². The van der Waals surface area contributed by atoms with Crippen LogP contribution in [0.3, 0.4) is 0 Å². The van der Waals surface area contributed by atoms with Gasteiger partial charge in [-0.1, -0.05) is 6.92 Å². The highest BCUT2D eigenvalue weighted by Gasteiger charge is 2.26. The van der Waals surface area contributed by atoms with Crippen molar-refractivity contribution >= 4 is 0 Å². The van der Waals surface area contributed by atoms with Crippen LogP contribution in [0.5, 0.6) is 0 Å². The second kappa shape index (κ2) is 6.58. The molecule has 0 atom stereocenters. The van der Waals surface area contributed by atoms with Crippen molar-refractivity contribution in [2.75, 3.05) is 26.8 Å². The molecule has 1 aliphatic rings. The van der Waals surface area contributed by atoms with Gasteiger partial charge in [0.05, 0.1) is 31.1 Å². The van der Waals surface area contributed by atoms with E-state index < -0.39 is 0 Å². The number of aromatic nitrogens is 2. The summed E-state index contributed by atoms with van der Waals surface area (Å²) in [5, 5.41) is 4.57. The fourth-order valence-electron chi connectivity index (χ4n) is 2.83. The molecule has 2 heterocycles. The van der Waals surface area contributed by atoms with Gasteiger partial charge in [-0.15, -0.1) is 0 Å². The van der Waals surface area contributed by atoms with Gasteiger partial charge in [0.2, 0.25) is 0 Å². The van der Waals surface area contributed by atoms with Crippen molar-refractivity contribution in [2.45, 2.75) is 25.9 Å². The molecule has 0 amide bonds. The highest BCUT2D eigenvalue weighted by atomic mass is 19.1. The molecule has 5 heteroatoms. The molecule has 0 saturated carbocycles. The van der Waals surface area contributed by atoms with Crippen LogP contribution in [0.2, 0.25) is 0 Å². The molecule has 0 N–H and O–H groups in total. The summed E-state index contributed by atoms with van der Waals surface area (Å²) in [6.45, 7) is 5.45. The minimum Gasteiger partial charge on any atom is -0.377 e. The second-order valence-corrected chi connectivity index (χ2v) is 5.90. The predicted molar refractivity (Wildman–Crippen MR) is 84.1 cm³/mol. The molecule has 0 bridgehead atoms. The lowest BCUT2D eigenvalue weighted by atomic mass is 10.1. The van der Waals surface area contributed by atoms with Crippen molar-refractivity contribution in [3.8, 4) is 11.3 Å². The van der Waals surface area contributed by atoms with Gasteiger partial charge in [0.25, 0.3) is 0 Å². The van der Waals surface area contributed by atoms with E-state index in [0.717, 1.165) is 30.8 Å². The number of hydrogen-bond acceptors (Lipinski definition) is 3. The average molecular weight is 303 g/mol. The molecule has 1 aromatic heterocycles. The molecule has 0 spiro atoms. The normalized spacial score (nSPS) is 15.3. The van der Waals surface area contributed by atoms with Crippen molar-refractivity contribution in [1.82, 2.24) is 14.7 Å². The first-order chi connectivity index (χ1) is 10.7. The van der Waals surface area contributed by atoms with Crippen molar-refractivity contribution in [3.05, 3.63) is 41.8 Å². The van der Waals surface area contributed by atoms with E-state index in [0.29, 0.717) is 13.2 Å². The largest absolute Gasteiger partial charge is 0.377 e. The van der Waals surface area contributed by atoms with E-state index in [2.05, 4.69) is 24.0 Å². The molecule has 0 radical (unpaired) electrons. The van der Waals surface area contributed by atoms with Crippen molar-refractivity contribution in [1.29, 1.82) is 0 Å². The molecule has 0 unspecified atom stereocenters. The Morgan fingerprint density at radius 3 is 2.64 bits per heavy atom. The number of benzene rings is 1. The fraction of sp³-hybridized carbons (Fsp3) is 0.471. The zero-order valence-electron chi connectivity index (χ0n) is 13.1. The van der Waals surface area contributed by atoms with Crippen LogP contribution in [0.4, 0.5) is 4.39 Å². The molecule has 1 aliphatic heterocycles. The lowest BCUT2D eigenvalue weighted by Gasteiger charge is -2.28. The average Bonchev–Trinajstić information content (AvgIpc) is 2.81. The minimum absolute atomic E-state index is 0.216. The van der Waals surface area contributed by atoms with Crippen LogP contribution in [0.15, 0.2) is 30.5 Å². The highest BCUT2D eigenvalue weighted by molar-refractivity contribution is 5.63. The number of halogens is 1. The first-order valence-corrected chi connectivity index (χ1v) is 7.77. The van der Waals surface area contributed by atoms with E-state index in [1.54, 1.807) is 0 Å². The maximum atomic E-state index is 13.2. The molecule has 4 nitrogen and oxygen atoms in total. The Bertz CT molecular complexity index is 619. The van der Waals surface area contributed by atoms with Gasteiger partial charge in [0.1, 0.15) is 5.82 Å². The summed E-state index contributed by atoms with van der Waals surface area (Å²) in [5.41, 5.74) is 3.26. The van der Waals surface area contributed by atoms with Gasteiger partial charge in [0, 0.05) is 17.7 Å². The van der Waals surface area contributed by atoms with E-state index in [-0.39, 0.29) is 11.9 Å². The van der Waals surface area contributed by atoms with Gasteiger partial charge in [-0.25, -0.2) is 4.39 Å². The van der Waals surface area contributed by atoms with E-state index in [9.17, 15) is 4.39 Å². The molecule has 1 aromatic carbocycles. The number of nitrogens with zero attached hydrogens (tertiary/aromatic N) is 3. The third-order valence-corrected chi connectivity index (χ3v) is 4.00. The minimum atomic E-state index is -0.216. The van der Waals surface area contributed by atoms with Gasteiger partial charge in [-0.3, -0.25) is 4.68 Å². The zero-order valence-corrected chi connectivity index (χ0v) is 13.1. The highest BCUT2D eigenvalue weighted by Crippen LogP contribution is 2.30. The Kier molecular flexibility index (Phi) is 4.55. The van der Waals surface area contributed by atoms with Crippen LogP contribution in [0.1, 0.15) is 24.9 Å². The van der Waals surface area contributed by atoms with Crippen LogP contribution in [-0.2, 0) is 11.3 Å². The molecule has 1 fully saturated rings. The molecule has 118 valence electrons. The maximum Gasteiger partial charge on any atom is 0.123 e. The van der Waals surface area contributed by atoms with Gasteiger partial charge < -0.3 is 9.64 Å². The van der Waals surface area contributed by atoms with Crippen molar-refractivity contribution in [2.24, 2.45) is 0 Å². The zero-order chi connectivity index (χ0) is 15.5. The third-order valence-electron chi connectivity index (χ3n) is 4.00. The van der Waals surface area contributed by atoms with E-state index >= 15 is 0 Å². The molecule has 2 aromatic rings. The quantitative estimate of drug-likeness (QED) is 0.821. The van der Waals surface area contributed by atoms with Crippen molar-refractivity contribution < 1.29 is 9.13 Å². The Morgan fingerprint density at radius 1 is 1.32 bits per heavy atom. The van der Waals surface area contributed by atoms with E-state index in [1.165, 1.54) is 17.7 Å². The van der Waals surface area contributed by atoms with Crippen LogP contribution in [0, 0.1) is 5.82 Å². The lowest BCUT2D eigenvalue weighted by molar-refractivity contribution is -0.0278. The van der Waals surface area contributed by atoms with Gasteiger partial charge in [0.15, 0.2) is 0 Å². The summed E-state index contributed by atoms with van der Waals surface area (Å²) < 4.78 is 20.6. The monoisotopic (exact) mass is 303 g/mol. The Hall–Kier alpha value is -1.72. The third kappa shape index (κ3) is 3.05. The van der Waals surface area contributed by atoms with Crippen LogP contribution in [-0.4, -0.2) is 41.5 Å². The molecule has 22 heavy (non-hydrogen) atoms. The predicted octanol–water partition coefficient (Wildman–Crippen LogP) is 3.10. The Labute approximate surface area is 130 Å². The van der Waals surface area contributed by atoms with Crippen LogP contribution < -0.4 is 0 Å². The SMILES string of the molecule is CCCN(C)Cc1cnn(C2COC2)c1-c1ccc(F)cc1. The molecular formula is C17H22FN3O. The number of hydrogen-bond donors (Lipinski definition) is 0. The Morgan fingerprint density at radius 2 is 2.05 bits per heavy atom. The summed E-state index contributed by atoms with van der Waals surface area (Å²) in [4.78, 5) is 2.28. The molecule has 3 rings (SSSR count). The number of ether oxygens (including phenoxy) is 1. The standard InChI is InChI=1S/C17H22FN3O/c1-3-8-20(2)10-14-9-19-21(16-11-22-12-16)17(14)13-4-6-15(18)7-5-13/h4-7,9,16H,3,8,10-12H2,1-2H3. The second-order valence-electron chi connectivity index (χ2n) is 5.90.